The van der Waals surface area contributed by atoms with E-state index in [0.29, 0.717) is 17.6 Å². The molecule has 0 bridgehead atoms. The predicted molar refractivity (Wildman–Crippen MR) is 92.0 cm³/mol. The van der Waals surface area contributed by atoms with Gasteiger partial charge in [0.1, 0.15) is 17.3 Å². The molecule has 3 aromatic rings. The van der Waals surface area contributed by atoms with Crippen LogP contribution < -0.4 is 15.4 Å². The van der Waals surface area contributed by atoms with Crippen molar-refractivity contribution in [3.05, 3.63) is 48.4 Å². The van der Waals surface area contributed by atoms with Crippen LogP contribution >= 0.6 is 0 Å². The fourth-order valence-electron chi connectivity index (χ4n) is 2.06. The lowest BCUT2D eigenvalue weighted by Crippen LogP contribution is -2.05. The largest absolute Gasteiger partial charge is 0.491 e. The maximum atomic E-state index is 5.62. The van der Waals surface area contributed by atoms with Crippen molar-refractivity contribution in [2.24, 2.45) is 0 Å². The zero-order valence-corrected chi connectivity index (χ0v) is 13.8. The van der Waals surface area contributed by atoms with Crippen LogP contribution in [0.1, 0.15) is 19.6 Å². The minimum absolute atomic E-state index is 0.148. The zero-order valence-electron chi connectivity index (χ0n) is 13.8. The number of nitrogens with one attached hydrogen (secondary N) is 2. The second kappa shape index (κ2) is 6.99. The van der Waals surface area contributed by atoms with E-state index in [1.54, 1.807) is 18.3 Å². The lowest BCUT2D eigenvalue weighted by molar-refractivity contribution is 0.242. The average Bonchev–Trinajstić information content (AvgIpc) is 2.94. The van der Waals surface area contributed by atoms with Gasteiger partial charge in [0.2, 0.25) is 5.95 Å². The van der Waals surface area contributed by atoms with Gasteiger partial charge in [-0.25, -0.2) is 4.98 Å². The van der Waals surface area contributed by atoms with Crippen molar-refractivity contribution in [2.75, 3.05) is 10.6 Å². The molecule has 0 amide bonds. The van der Waals surface area contributed by atoms with Crippen LogP contribution in [0.5, 0.6) is 5.75 Å². The Morgan fingerprint density at radius 2 is 1.83 bits per heavy atom. The molecular formula is C17H19N5O2. The van der Waals surface area contributed by atoms with Crippen LogP contribution in [-0.4, -0.2) is 21.2 Å². The Morgan fingerprint density at radius 3 is 2.50 bits per heavy atom. The summed E-state index contributed by atoms with van der Waals surface area (Å²) in [4.78, 5) is 8.61. The highest BCUT2D eigenvalue weighted by molar-refractivity contribution is 5.58. The van der Waals surface area contributed by atoms with Gasteiger partial charge in [-0.15, -0.1) is 0 Å². The first kappa shape index (κ1) is 15.8. The average molecular weight is 325 g/mol. The third kappa shape index (κ3) is 4.22. The summed E-state index contributed by atoms with van der Waals surface area (Å²) in [5.74, 6) is 3.27. The summed E-state index contributed by atoms with van der Waals surface area (Å²) >= 11 is 0. The standard InChI is InChI=1S/C17H19N5O2/c1-11(2)23-14-6-4-13(5-7-14)19-17-18-9-8-15(21-17)20-16-10-12(3)24-22-16/h4-11H,1-3H3,(H2,18,19,20,21,22). The summed E-state index contributed by atoms with van der Waals surface area (Å²) in [6.45, 7) is 5.82. The van der Waals surface area contributed by atoms with E-state index in [0.717, 1.165) is 17.2 Å². The molecule has 7 nitrogen and oxygen atoms in total. The molecule has 0 saturated heterocycles. The highest BCUT2D eigenvalue weighted by Gasteiger charge is 2.04. The number of aryl methyl sites for hydroxylation is 1. The first-order valence-electron chi connectivity index (χ1n) is 7.65. The Balaban J connectivity index is 1.67. The molecule has 2 N–H and O–H groups in total. The Kier molecular flexibility index (Phi) is 4.60. The molecular weight excluding hydrogens is 306 g/mol. The Hall–Kier alpha value is -3.09. The van der Waals surface area contributed by atoms with Gasteiger partial charge in [0.15, 0.2) is 5.82 Å². The molecule has 3 rings (SSSR count). The summed E-state index contributed by atoms with van der Waals surface area (Å²) < 4.78 is 10.6. The molecule has 2 aromatic heterocycles. The van der Waals surface area contributed by atoms with Crippen LogP contribution in [-0.2, 0) is 0 Å². The van der Waals surface area contributed by atoms with Crippen LogP contribution in [0.2, 0.25) is 0 Å². The third-order valence-corrected chi connectivity index (χ3v) is 3.02. The summed E-state index contributed by atoms with van der Waals surface area (Å²) in [5.41, 5.74) is 0.875. The first-order chi connectivity index (χ1) is 11.6. The Bertz CT molecular complexity index is 799. The maximum absolute atomic E-state index is 5.62. The van der Waals surface area contributed by atoms with Gasteiger partial charge in [-0.05, 0) is 51.1 Å². The van der Waals surface area contributed by atoms with Gasteiger partial charge in [0.25, 0.3) is 0 Å². The smallest absolute Gasteiger partial charge is 0.229 e. The van der Waals surface area contributed by atoms with E-state index in [1.807, 2.05) is 45.0 Å². The second-order valence-electron chi connectivity index (χ2n) is 5.53. The van der Waals surface area contributed by atoms with E-state index in [2.05, 4.69) is 25.8 Å². The number of aromatic nitrogens is 3. The lowest BCUT2D eigenvalue weighted by Gasteiger charge is -2.11. The molecule has 7 heteroatoms. The normalized spacial score (nSPS) is 10.7. The molecule has 0 fully saturated rings. The molecule has 2 heterocycles. The van der Waals surface area contributed by atoms with Gasteiger partial charge in [-0.3, -0.25) is 0 Å². The molecule has 0 spiro atoms. The van der Waals surface area contributed by atoms with Gasteiger partial charge >= 0.3 is 0 Å². The van der Waals surface area contributed by atoms with E-state index >= 15 is 0 Å². The Labute approximate surface area is 140 Å². The lowest BCUT2D eigenvalue weighted by atomic mass is 10.3. The topological polar surface area (TPSA) is 85.1 Å². The Morgan fingerprint density at radius 1 is 1.04 bits per heavy atom. The first-order valence-corrected chi connectivity index (χ1v) is 7.65. The van der Waals surface area contributed by atoms with Crippen molar-refractivity contribution in [1.29, 1.82) is 0 Å². The van der Waals surface area contributed by atoms with Gasteiger partial charge in [-0.2, -0.15) is 4.98 Å². The molecule has 0 aliphatic rings. The molecule has 0 aliphatic heterocycles. The molecule has 0 unspecified atom stereocenters. The van der Waals surface area contributed by atoms with Crippen LogP contribution in [0, 0.1) is 6.92 Å². The monoisotopic (exact) mass is 325 g/mol. The SMILES string of the molecule is Cc1cc(Nc2ccnc(Nc3ccc(OC(C)C)cc3)n2)no1. The highest BCUT2D eigenvalue weighted by Crippen LogP contribution is 2.20. The molecule has 0 aliphatic carbocycles. The number of nitrogens with zero attached hydrogens (tertiary/aromatic N) is 3. The van der Waals surface area contributed by atoms with Crippen molar-refractivity contribution in [2.45, 2.75) is 26.9 Å². The van der Waals surface area contributed by atoms with E-state index in [4.69, 9.17) is 9.26 Å². The van der Waals surface area contributed by atoms with E-state index < -0.39 is 0 Å². The number of benzene rings is 1. The third-order valence-electron chi connectivity index (χ3n) is 3.02. The van der Waals surface area contributed by atoms with Crippen molar-refractivity contribution in [3.8, 4) is 5.75 Å². The van der Waals surface area contributed by atoms with E-state index in [-0.39, 0.29) is 6.10 Å². The van der Waals surface area contributed by atoms with Crippen LogP contribution in [0.15, 0.2) is 47.1 Å². The molecule has 0 radical (unpaired) electrons. The molecule has 0 saturated carbocycles. The summed E-state index contributed by atoms with van der Waals surface area (Å²) in [6, 6.07) is 11.2. The van der Waals surface area contributed by atoms with Crippen molar-refractivity contribution >= 4 is 23.3 Å². The fourth-order valence-corrected chi connectivity index (χ4v) is 2.06. The number of rotatable bonds is 6. The molecule has 124 valence electrons. The van der Waals surface area contributed by atoms with E-state index in [9.17, 15) is 0 Å². The maximum Gasteiger partial charge on any atom is 0.229 e. The van der Waals surface area contributed by atoms with Crippen molar-refractivity contribution < 1.29 is 9.26 Å². The molecule has 1 aromatic carbocycles. The van der Waals surface area contributed by atoms with Crippen molar-refractivity contribution in [3.63, 3.8) is 0 Å². The fraction of sp³-hybridized carbons (Fsp3) is 0.235. The van der Waals surface area contributed by atoms with Gasteiger partial charge in [0, 0.05) is 18.0 Å². The van der Waals surface area contributed by atoms with Crippen LogP contribution in [0.4, 0.5) is 23.3 Å². The number of hydrogen-bond acceptors (Lipinski definition) is 7. The summed E-state index contributed by atoms with van der Waals surface area (Å²) in [5, 5.41) is 10.1. The number of ether oxygens (including phenoxy) is 1. The minimum atomic E-state index is 0.148. The zero-order chi connectivity index (χ0) is 16.9. The highest BCUT2D eigenvalue weighted by atomic mass is 16.5. The van der Waals surface area contributed by atoms with E-state index in [1.165, 1.54) is 0 Å². The van der Waals surface area contributed by atoms with Crippen molar-refractivity contribution in [1.82, 2.24) is 15.1 Å². The summed E-state index contributed by atoms with van der Waals surface area (Å²) in [6.07, 6.45) is 1.82. The van der Waals surface area contributed by atoms with Crippen LogP contribution in [0.25, 0.3) is 0 Å². The van der Waals surface area contributed by atoms with Crippen LogP contribution in [0.3, 0.4) is 0 Å². The van der Waals surface area contributed by atoms with Gasteiger partial charge in [-0.1, -0.05) is 5.16 Å². The molecule has 0 atom stereocenters. The van der Waals surface area contributed by atoms with Gasteiger partial charge < -0.3 is 19.9 Å². The molecule has 24 heavy (non-hydrogen) atoms. The minimum Gasteiger partial charge on any atom is -0.491 e. The second-order valence-corrected chi connectivity index (χ2v) is 5.53. The summed E-state index contributed by atoms with van der Waals surface area (Å²) in [7, 11) is 0. The number of anilines is 4. The van der Waals surface area contributed by atoms with Gasteiger partial charge in [0.05, 0.1) is 6.10 Å². The quantitative estimate of drug-likeness (QED) is 0.707. The predicted octanol–water partition coefficient (Wildman–Crippen LogP) is 4.05. The number of hydrogen-bond donors (Lipinski definition) is 2.